The molecule has 0 heterocycles. The van der Waals surface area contributed by atoms with Crippen LogP contribution in [0.4, 0.5) is 24.5 Å². The van der Waals surface area contributed by atoms with Crippen molar-refractivity contribution in [2.24, 2.45) is 0 Å². The standard InChI is InChI=1S/C23H18ClF3N2O2S/c1-14(30)28-17-8-5-9-18(13-17)32-21(15-6-3-2-4-7-15)22(31)29-20-12-16(23(25,26)27)10-11-19(20)24/h2-13,21H,1H3,(H,28,30)(H,29,31). The van der Waals surface area contributed by atoms with Crippen molar-refractivity contribution < 1.29 is 22.8 Å². The van der Waals surface area contributed by atoms with Gasteiger partial charge < -0.3 is 10.6 Å². The number of carbonyl (C=O) groups excluding carboxylic acids is 2. The summed E-state index contributed by atoms with van der Waals surface area (Å²) >= 11 is 7.24. The molecule has 0 aromatic heterocycles. The van der Waals surface area contributed by atoms with E-state index < -0.39 is 22.9 Å². The lowest BCUT2D eigenvalue weighted by molar-refractivity contribution is -0.137. The minimum atomic E-state index is -4.57. The fourth-order valence-electron chi connectivity index (χ4n) is 2.88. The number of benzene rings is 3. The molecule has 2 N–H and O–H groups in total. The maximum absolute atomic E-state index is 13.2. The number of alkyl halides is 3. The minimum absolute atomic E-state index is 0.00387. The molecule has 1 atom stereocenters. The third-order valence-corrected chi connectivity index (χ3v) is 5.88. The monoisotopic (exact) mass is 478 g/mol. The molecule has 3 rings (SSSR count). The minimum Gasteiger partial charge on any atom is -0.326 e. The Hall–Kier alpha value is -2.97. The van der Waals surface area contributed by atoms with E-state index in [1.807, 2.05) is 0 Å². The average molecular weight is 479 g/mol. The summed E-state index contributed by atoms with van der Waals surface area (Å²) in [5.74, 6) is -0.768. The third-order valence-electron chi connectivity index (χ3n) is 4.30. The molecular formula is C23H18ClF3N2O2S. The molecule has 0 spiro atoms. The molecule has 0 fully saturated rings. The molecule has 32 heavy (non-hydrogen) atoms. The summed E-state index contributed by atoms with van der Waals surface area (Å²) in [5, 5.41) is 4.42. The Morgan fingerprint density at radius 3 is 2.31 bits per heavy atom. The second-order valence-electron chi connectivity index (χ2n) is 6.80. The van der Waals surface area contributed by atoms with Gasteiger partial charge in [-0.1, -0.05) is 48.0 Å². The first-order valence-electron chi connectivity index (χ1n) is 9.40. The van der Waals surface area contributed by atoms with Gasteiger partial charge in [-0.05, 0) is 42.0 Å². The van der Waals surface area contributed by atoms with Crippen molar-refractivity contribution in [3.05, 3.63) is 88.9 Å². The summed E-state index contributed by atoms with van der Waals surface area (Å²) in [5.41, 5.74) is 0.183. The van der Waals surface area contributed by atoms with Crippen LogP contribution in [0.1, 0.15) is 23.3 Å². The summed E-state index contributed by atoms with van der Waals surface area (Å²) < 4.78 is 39.3. The van der Waals surface area contributed by atoms with Crippen molar-refractivity contribution in [2.45, 2.75) is 23.2 Å². The zero-order valence-corrected chi connectivity index (χ0v) is 18.3. The van der Waals surface area contributed by atoms with Crippen LogP contribution in [0.25, 0.3) is 0 Å². The van der Waals surface area contributed by atoms with Crippen LogP contribution in [0.15, 0.2) is 77.7 Å². The largest absolute Gasteiger partial charge is 0.416 e. The first kappa shape index (κ1) is 23.7. The highest BCUT2D eigenvalue weighted by atomic mass is 35.5. The first-order chi connectivity index (χ1) is 15.1. The Bertz CT molecular complexity index is 1120. The van der Waals surface area contributed by atoms with Gasteiger partial charge in [0, 0.05) is 17.5 Å². The van der Waals surface area contributed by atoms with E-state index in [1.54, 1.807) is 54.6 Å². The molecule has 3 aromatic rings. The van der Waals surface area contributed by atoms with Crippen molar-refractivity contribution in [2.75, 3.05) is 10.6 Å². The van der Waals surface area contributed by atoms with E-state index >= 15 is 0 Å². The first-order valence-corrected chi connectivity index (χ1v) is 10.7. The average Bonchev–Trinajstić information content (AvgIpc) is 2.73. The Morgan fingerprint density at radius 2 is 1.66 bits per heavy atom. The molecule has 0 aliphatic carbocycles. The summed E-state index contributed by atoms with van der Waals surface area (Å²) in [7, 11) is 0. The third kappa shape index (κ3) is 6.27. The van der Waals surface area contributed by atoms with Gasteiger partial charge in [0.25, 0.3) is 0 Å². The van der Waals surface area contributed by atoms with Gasteiger partial charge in [0.2, 0.25) is 11.8 Å². The second-order valence-corrected chi connectivity index (χ2v) is 8.38. The molecule has 0 saturated carbocycles. The lowest BCUT2D eigenvalue weighted by atomic mass is 10.1. The van der Waals surface area contributed by atoms with E-state index in [2.05, 4.69) is 10.6 Å². The van der Waals surface area contributed by atoms with E-state index in [-0.39, 0.29) is 16.6 Å². The lowest BCUT2D eigenvalue weighted by Crippen LogP contribution is -2.20. The number of hydrogen-bond acceptors (Lipinski definition) is 3. The van der Waals surface area contributed by atoms with Crippen LogP contribution < -0.4 is 10.6 Å². The van der Waals surface area contributed by atoms with Gasteiger partial charge in [-0.3, -0.25) is 9.59 Å². The predicted molar refractivity (Wildman–Crippen MR) is 121 cm³/mol. The molecule has 3 aromatic carbocycles. The van der Waals surface area contributed by atoms with Crippen LogP contribution in [0.2, 0.25) is 5.02 Å². The van der Waals surface area contributed by atoms with E-state index in [0.29, 0.717) is 16.1 Å². The molecule has 166 valence electrons. The van der Waals surface area contributed by atoms with Gasteiger partial charge >= 0.3 is 6.18 Å². The smallest absolute Gasteiger partial charge is 0.326 e. The van der Waals surface area contributed by atoms with E-state index in [4.69, 9.17) is 11.6 Å². The number of thioether (sulfide) groups is 1. The van der Waals surface area contributed by atoms with Crippen LogP contribution in [-0.2, 0) is 15.8 Å². The summed E-state index contributed by atoms with van der Waals surface area (Å²) in [6, 6.07) is 18.5. The maximum atomic E-state index is 13.2. The van der Waals surface area contributed by atoms with Crippen molar-refractivity contribution in [1.29, 1.82) is 0 Å². The van der Waals surface area contributed by atoms with E-state index in [9.17, 15) is 22.8 Å². The van der Waals surface area contributed by atoms with Crippen LogP contribution in [0.3, 0.4) is 0 Å². The Morgan fingerprint density at radius 1 is 0.938 bits per heavy atom. The highest BCUT2D eigenvalue weighted by Crippen LogP contribution is 2.39. The summed E-state index contributed by atoms with van der Waals surface area (Å²) in [6.45, 7) is 1.39. The Kier molecular flexibility index (Phi) is 7.48. The van der Waals surface area contributed by atoms with Gasteiger partial charge in [0.1, 0.15) is 5.25 Å². The highest BCUT2D eigenvalue weighted by molar-refractivity contribution is 8.00. The van der Waals surface area contributed by atoms with Gasteiger partial charge in [0.05, 0.1) is 16.3 Å². The number of rotatable bonds is 6. The van der Waals surface area contributed by atoms with Gasteiger partial charge in [-0.2, -0.15) is 13.2 Å². The molecule has 9 heteroatoms. The summed E-state index contributed by atoms with van der Waals surface area (Å²) in [4.78, 5) is 25.2. The molecule has 0 radical (unpaired) electrons. The Balaban J connectivity index is 1.90. The quantitative estimate of drug-likeness (QED) is 0.383. The number of amides is 2. The normalized spacial score (nSPS) is 12.2. The molecule has 1 unspecified atom stereocenters. The molecule has 0 saturated heterocycles. The maximum Gasteiger partial charge on any atom is 0.416 e. The number of nitrogens with one attached hydrogen (secondary N) is 2. The molecule has 0 aliphatic rings. The van der Waals surface area contributed by atoms with E-state index in [0.717, 1.165) is 18.2 Å². The van der Waals surface area contributed by atoms with Crippen molar-refractivity contribution >= 4 is 46.6 Å². The zero-order valence-electron chi connectivity index (χ0n) is 16.7. The number of anilines is 2. The van der Waals surface area contributed by atoms with Gasteiger partial charge in [-0.25, -0.2) is 0 Å². The predicted octanol–water partition coefficient (Wildman–Crippen LogP) is 6.79. The SMILES string of the molecule is CC(=O)Nc1cccc(SC(C(=O)Nc2cc(C(F)(F)F)ccc2Cl)c2ccccc2)c1. The van der Waals surface area contributed by atoms with Crippen LogP contribution in [0.5, 0.6) is 0 Å². The molecule has 0 aliphatic heterocycles. The lowest BCUT2D eigenvalue weighted by Gasteiger charge is -2.19. The number of hydrogen-bond donors (Lipinski definition) is 2. The highest BCUT2D eigenvalue weighted by Gasteiger charge is 2.31. The fraction of sp³-hybridized carbons (Fsp3) is 0.130. The van der Waals surface area contributed by atoms with Crippen molar-refractivity contribution in [3.63, 3.8) is 0 Å². The topological polar surface area (TPSA) is 58.2 Å². The zero-order chi connectivity index (χ0) is 23.3. The molecule has 0 bridgehead atoms. The fourth-order valence-corrected chi connectivity index (χ4v) is 4.13. The van der Waals surface area contributed by atoms with E-state index in [1.165, 1.54) is 18.7 Å². The van der Waals surface area contributed by atoms with Crippen LogP contribution >= 0.6 is 23.4 Å². The van der Waals surface area contributed by atoms with Crippen LogP contribution in [-0.4, -0.2) is 11.8 Å². The Labute approximate surface area is 192 Å². The van der Waals surface area contributed by atoms with Crippen LogP contribution in [0, 0.1) is 0 Å². The number of carbonyl (C=O) groups is 2. The molecular weight excluding hydrogens is 461 g/mol. The van der Waals surface area contributed by atoms with Crippen molar-refractivity contribution in [3.8, 4) is 0 Å². The van der Waals surface area contributed by atoms with Gasteiger partial charge in [-0.15, -0.1) is 11.8 Å². The second kappa shape index (κ2) is 10.1. The molecule has 2 amide bonds. The van der Waals surface area contributed by atoms with Crippen molar-refractivity contribution in [1.82, 2.24) is 0 Å². The number of halogens is 4. The molecule has 4 nitrogen and oxygen atoms in total. The summed E-state index contributed by atoms with van der Waals surface area (Å²) in [6.07, 6.45) is -4.57. The van der Waals surface area contributed by atoms with Gasteiger partial charge in [0.15, 0.2) is 0 Å².